The Morgan fingerprint density at radius 3 is 2.72 bits per heavy atom. The second kappa shape index (κ2) is 8.83. The number of H-pyrrole nitrogens is 2. The van der Waals surface area contributed by atoms with Crippen LogP contribution in [0.5, 0.6) is 0 Å². The highest BCUT2D eigenvalue weighted by Gasteiger charge is 2.15. The zero-order valence-corrected chi connectivity index (χ0v) is 19.9. The van der Waals surface area contributed by atoms with E-state index in [9.17, 15) is 4.79 Å². The number of furan rings is 1. The first kappa shape index (κ1) is 21.8. The van der Waals surface area contributed by atoms with Gasteiger partial charge in [0.15, 0.2) is 0 Å². The SMILES string of the molecule is CN(C)CC(=O)Nc1cncc(-c2ccc3[nH]nc(-c4cc5c(-c6ccoc6)cccc5[nH]4)c3c2)c1. The predicted molar refractivity (Wildman–Crippen MR) is 142 cm³/mol. The van der Waals surface area contributed by atoms with Crippen molar-refractivity contribution in [3.05, 3.63) is 79.5 Å². The molecule has 0 fully saturated rings. The van der Waals surface area contributed by atoms with Gasteiger partial charge in [0.25, 0.3) is 0 Å². The molecule has 3 N–H and O–H groups in total. The van der Waals surface area contributed by atoms with Gasteiger partial charge in [0, 0.05) is 33.6 Å². The molecular weight excluding hydrogens is 452 g/mol. The van der Waals surface area contributed by atoms with Crippen LogP contribution in [0.25, 0.3) is 55.4 Å². The molecule has 6 aromatic rings. The Balaban J connectivity index is 1.38. The van der Waals surface area contributed by atoms with Gasteiger partial charge in [-0.25, -0.2) is 0 Å². The lowest BCUT2D eigenvalue weighted by Crippen LogP contribution is -2.27. The highest BCUT2D eigenvalue weighted by Crippen LogP contribution is 2.35. The van der Waals surface area contributed by atoms with Crippen molar-refractivity contribution in [2.45, 2.75) is 0 Å². The van der Waals surface area contributed by atoms with E-state index in [0.29, 0.717) is 12.2 Å². The van der Waals surface area contributed by atoms with Crippen LogP contribution in [0.3, 0.4) is 0 Å². The number of aromatic nitrogens is 4. The number of fused-ring (bicyclic) bond motifs is 2. The summed E-state index contributed by atoms with van der Waals surface area (Å²) in [6.45, 7) is 0.307. The van der Waals surface area contributed by atoms with E-state index in [-0.39, 0.29) is 5.91 Å². The standard InChI is InChI=1S/C28H24N6O2/c1-34(2)15-27(35)30-20-10-19(13-29-14-20)17-6-7-25-23(11-17)28(33-32-25)26-12-22-21(18-8-9-36-16-18)4-3-5-24(22)31-26/h3-14,16,31H,15H2,1-2H3,(H,30,35)(H,32,33). The molecule has 0 aliphatic carbocycles. The summed E-state index contributed by atoms with van der Waals surface area (Å²) >= 11 is 0. The smallest absolute Gasteiger partial charge is 0.238 e. The summed E-state index contributed by atoms with van der Waals surface area (Å²) < 4.78 is 5.30. The molecular formula is C28H24N6O2. The molecule has 0 aliphatic rings. The van der Waals surface area contributed by atoms with Crippen molar-refractivity contribution in [1.82, 2.24) is 25.1 Å². The van der Waals surface area contributed by atoms with Crippen molar-refractivity contribution in [1.29, 1.82) is 0 Å². The average Bonchev–Trinajstić information content (AvgIpc) is 3.62. The van der Waals surface area contributed by atoms with Gasteiger partial charge < -0.3 is 19.6 Å². The summed E-state index contributed by atoms with van der Waals surface area (Å²) in [6, 6.07) is 18.3. The van der Waals surface area contributed by atoms with E-state index < -0.39 is 0 Å². The highest BCUT2D eigenvalue weighted by molar-refractivity contribution is 6.02. The van der Waals surface area contributed by atoms with Crippen LogP contribution < -0.4 is 5.32 Å². The molecule has 0 saturated carbocycles. The summed E-state index contributed by atoms with van der Waals surface area (Å²) in [5.74, 6) is -0.0832. The van der Waals surface area contributed by atoms with Gasteiger partial charge in [-0.3, -0.25) is 14.9 Å². The third-order valence-corrected chi connectivity index (χ3v) is 6.13. The summed E-state index contributed by atoms with van der Waals surface area (Å²) in [6.07, 6.45) is 6.88. The van der Waals surface area contributed by atoms with Crippen molar-refractivity contribution in [2.24, 2.45) is 0 Å². The fraction of sp³-hybridized carbons (Fsp3) is 0.107. The first-order chi connectivity index (χ1) is 17.5. The molecule has 0 spiro atoms. The van der Waals surface area contributed by atoms with Gasteiger partial charge >= 0.3 is 0 Å². The summed E-state index contributed by atoms with van der Waals surface area (Å²) in [5, 5.41) is 12.8. The van der Waals surface area contributed by atoms with E-state index in [1.807, 2.05) is 49.3 Å². The van der Waals surface area contributed by atoms with Crippen LogP contribution in [0.1, 0.15) is 0 Å². The fourth-order valence-electron chi connectivity index (χ4n) is 4.51. The number of carbonyl (C=O) groups is 1. The molecule has 0 saturated heterocycles. The van der Waals surface area contributed by atoms with Crippen LogP contribution >= 0.6 is 0 Å². The van der Waals surface area contributed by atoms with Crippen LogP contribution in [0.2, 0.25) is 0 Å². The van der Waals surface area contributed by atoms with Gasteiger partial charge in [0.2, 0.25) is 5.91 Å². The maximum atomic E-state index is 12.2. The molecule has 0 bridgehead atoms. The van der Waals surface area contributed by atoms with Gasteiger partial charge in [-0.05, 0) is 61.6 Å². The number of hydrogen-bond donors (Lipinski definition) is 3. The van der Waals surface area contributed by atoms with Gasteiger partial charge in [0.05, 0.1) is 42.2 Å². The summed E-state index contributed by atoms with van der Waals surface area (Å²) in [4.78, 5) is 21.9. The van der Waals surface area contributed by atoms with Crippen molar-refractivity contribution in [3.63, 3.8) is 0 Å². The largest absolute Gasteiger partial charge is 0.472 e. The number of nitrogens with zero attached hydrogens (tertiary/aromatic N) is 3. The van der Waals surface area contributed by atoms with Crippen LogP contribution in [-0.4, -0.2) is 51.6 Å². The topological polar surface area (TPSA) is 103 Å². The number of benzene rings is 2. The number of aromatic amines is 2. The Morgan fingerprint density at radius 1 is 0.972 bits per heavy atom. The van der Waals surface area contributed by atoms with Crippen LogP contribution in [0.15, 0.2) is 83.9 Å². The van der Waals surface area contributed by atoms with E-state index in [2.05, 4.69) is 49.7 Å². The number of hydrogen-bond acceptors (Lipinski definition) is 5. The first-order valence-electron chi connectivity index (χ1n) is 11.6. The Hall–Kier alpha value is -4.69. The maximum Gasteiger partial charge on any atom is 0.238 e. The van der Waals surface area contributed by atoms with Crippen LogP contribution in [0.4, 0.5) is 5.69 Å². The Morgan fingerprint density at radius 2 is 1.89 bits per heavy atom. The molecule has 6 rings (SSSR count). The molecule has 0 radical (unpaired) electrons. The second-order valence-corrected chi connectivity index (χ2v) is 9.04. The van der Waals surface area contributed by atoms with E-state index in [0.717, 1.165) is 55.4 Å². The molecule has 8 nitrogen and oxygen atoms in total. The minimum Gasteiger partial charge on any atom is -0.472 e. The fourth-order valence-corrected chi connectivity index (χ4v) is 4.51. The van der Waals surface area contributed by atoms with Gasteiger partial charge in [-0.1, -0.05) is 18.2 Å². The molecule has 4 heterocycles. The molecule has 2 aromatic carbocycles. The normalized spacial score (nSPS) is 11.5. The number of nitrogens with one attached hydrogen (secondary N) is 3. The Bertz CT molecular complexity index is 1690. The lowest BCUT2D eigenvalue weighted by Gasteiger charge is -2.11. The highest BCUT2D eigenvalue weighted by atomic mass is 16.3. The quantitative estimate of drug-likeness (QED) is 0.293. The second-order valence-electron chi connectivity index (χ2n) is 9.04. The minimum atomic E-state index is -0.0832. The van der Waals surface area contributed by atoms with E-state index in [1.54, 1.807) is 24.9 Å². The van der Waals surface area contributed by atoms with Crippen molar-refractivity contribution in [2.75, 3.05) is 26.0 Å². The summed E-state index contributed by atoms with van der Waals surface area (Å²) in [7, 11) is 3.72. The predicted octanol–water partition coefficient (Wildman–Crippen LogP) is 5.53. The maximum absolute atomic E-state index is 12.2. The third-order valence-electron chi connectivity index (χ3n) is 6.13. The molecule has 4 aromatic heterocycles. The number of pyridine rings is 1. The van der Waals surface area contributed by atoms with Crippen molar-refractivity contribution < 1.29 is 9.21 Å². The zero-order chi connectivity index (χ0) is 24.6. The van der Waals surface area contributed by atoms with Gasteiger partial charge in [-0.2, -0.15) is 5.10 Å². The molecule has 0 atom stereocenters. The van der Waals surface area contributed by atoms with Crippen molar-refractivity contribution in [3.8, 4) is 33.6 Å². The zero-order valence-electron chi connectivity index (χ0n) is 19.9. The van der Waals surface area contributed by atoms with Gasteiger partial charge in [-0.15, -0.1) is 0 Å². The Labute approximate surface area is 207 Å². The lowest BCUT2D eigenvalue weighted by atomic mass is 10.0. The molecule has 0 unspecified atom stereocenters. The monoisotopic (exact) mass is 476 g/mol. The number of anilines is 1. The molecule has 0 aliphatic heterocycles. The average molecular weight is 477 g/mol. The number of carbonyl (C=O) groups excluding carboxylic acids is 1. The lowest BCUT2D eigenvalue weighted by molar-refractivity contribution is -0.116. The molecule has 1 amide bonds. The number of amides is 1. The molecule has 178 valence electrons. The third kappa shape index (κ3) is 4.03. The van der Waals surface area contributed by atoms with Crippen molar-refractivity contribution >= 4 is 33.4 Å². The van der Waals surface area contributed by atoms with E-state index in [4.69, 9.17) is 4.42 Å². The van der Waals surface area contributed by atoms with Crippen LogP contribution in [0, 0.1) is 0 Å². The van der Waals surface area contributed by atoms with Crippen LogP contribution in [-0.2, 0) is 4.79 Å². The summed E-state index contributed by atoms with van der Waals surface area (Å²) in [5.41, 5.74) is 8.41. The number of likely N-dealkylation sites (N-methyl/N-ethyl adjacent to an activating group) is 1. The van der Waals surface area contributed by atoms with E-state index >= 15 is 0 Å². The minimum absolute atomic E-state index is 0.0832. The Kier molecular flexibility index (Phi) is 5.35. The molecule has 36 heavy (non-hydrogen) atoms. The number of rotatable bonds is 6. The molecule has 8 heteroatoms. The van der Waals surface area contributed by atoms with Gasteiger partial charge in [0.1, 0.15) is 5.69 Å². The van der Waals surface area contributed by atoms with E-state index in [1.165, 1.54) is 0 Å². The first-order valence-corrected chi connectivity index (χ1v) is 11.6.